The summed E-state index contributed by atoms with van der Waals surface area (Å²) >= 11 is 6.15. The fourth-order valence-corrected chi connectivity index (χ4v) is 6.18. The lowest BCUT2D eigenvalue weighted by atomic mass is 9.93. The van der Waals surface area contributed by atoms with Gasteiger partial charge in [-0.1, -0.05) is 49.1 Å². The maximum Gasteiger partial charge on any atom is 0.243 e. The molecular formula is C24H29ClN2O4S. The molecule has 1 saturated heterocycles. The largest absolute Gasteiger partial charge is 0.456 e. The molecule has 6 nitrogen and oxygen atoms in total. The van der Waals surface area contributed by atoms with E-state index in [2.05, 4.69) is 5.32 Å². The summed E-state index contributed by atoms with van der Waals surface area (Å²) in [6.07, 6.45) is 6.90. The Labute approximate surface area is 195 Å². The van der Waals surface area contributed by atoms with Crippen LogP contribution in [-0.4, -0.2) is 37.8 Å². The number of amides is 1. The SMILES string of the molecule is O=C(NC1CCCCC1)[C@H]1CCCN(S(=O)(=O)c2cccc(Oc3ccccc3Cl)c2)C1. The van der Waals surface area contributed by atoms with Gasteiger partial charge >= 0.3 is 0 Å². The molecular weight excluding hydrogens is 448 g/mol. The zero-order valence-corrected chi connectivity index (χ0v) is 19.6. The number of benzene rings is 2. The predicted molar refractivity (Wildman–Crippen MR) is 124 cm³/mol. The highest BCUT2D eigenvalue weighted by Crippen LogP contribution is 2.31. The standard InChI is InChI=1S/C24H29ClN2O4S/c25-22-13-4-5-14-23(22)31-20-11-6-12-21(16-20)32(29,30)27-15-7-8-18(17-27)24(28)26-19-9-2-1-3-10-19/h4-6,11-14,16,18-19H,1-3,7-10,15,17H2,(H,26,28)/t18-/m0/s1. The lowest BCUT2D eigenvalue weighted by Crippen LogP contribution is -2.47. The first kappa shape index (κ1) is 23.1. The van der Waals surface area contributed by atoms with Crippen molar-refractivity contribution in [1.82, 2.24) is 9.62 Å². The second kappa shape index (κ2) is 10.2. The molecule has 0 radical (unpaired) electrons. The Kier molecular flexibility index (Phi) is 7.38. The van der Waals surface area contributed by atoms with Crippen molar-refractivity contribution in [3.05, 3.63) is 53.6 Å². The van der Waals surface area contributed by atoms with Crippen molar-refractivity contribution < 1.29 is 17.9 Å². The Hall–Kier alpha value is -2.09. The van der Waals surface area contributed by atoms with E-state index < -0.39 is 10.0 Å². The van der Waals surface area contributed by atoms with Gasteiger partial charge in [0.2, 0.25) is 15.9 Å². The Morgan fingerprint density at radius 2 is 1.78 bits per heavy atom. The maximum absolute atomic E-state index is 13.3. The Morgan fingerprint density at radius 1 is 1.00 bits per heavy atom. The van der Waals surface area contributed by atoms with Crippen LogP contribution in [0.3, 0.4) is 0 Å². The number of ether oxygens (including phenoxy) is 1. The van der Waals surface area contributed by atoms with Crippen LogP contribution in [0, 0.1) is 5.92 Å². The van der Waals surface area contributed by atoms with E-state index in [4.69, 9.17) is 16.3 Å². The van der Waals surface area contributed by atoms with Gasteiger partial charge in [-0.05, 0) is 49.9 Å². The van der Waals surface area contributed by atoms with Gasteiger partial charge in [0.1, 0.15) is 11.5 Å². The molecule has 1 N–H and O–H groups in total. The van der Waals surface area contributed by atoms with Crippen LogP contribution in [-0.2, 0) is 14.8 Å². The van der Waals surface area contributed by atoms with Gasteiger partial charge in [0.05, 0.1) is 15.8 Å². The summed E-state index contributed by atoms with van der Waals surface area (Å²) in [7, 11) is -3.75. The van der Waals surface area contributed by atoms with Gasteiger partial charge < -0.3 is 10.1 Å². The van der Waals surface area contributed by atoms with Crippen molar-refractivity contribution in [3.8, 4) is 11.5 Å². The summed E-state index contributed by atoms with van der Waals surface area (Å²) in [5.74, 6) is 0.513. The number of carbonyl (C=O) groups is 1. The highest BCUT2D eigenvalue weighted by molar-refractivity contribution is 7.89. The van der Waals surface area contributed by atoms with Crippen LogP contribution in [0.25, 0.3) is 0 Å². The minimum Gasteiger partial charge on any atom is -0.456 e. The molecule has 4 rings (SSSR count). The van der Waals surface area contributed by atoms with Crippen molar-refractivity contribution >= 4 is 27.5 Å². The molecule has 1 atom stereocenters. The van der Waals surface area contributed by atoms with Crippen LogP contribution in [0.2, 0.25) is 5.02 Å². The average molecular weight is 477 g/mol. The number of halogens is 1. The van der Waals surface area contributed by atoms with E-state index in [9.17, 15) is 13.2 Å². The van der Waals surface area contributed by atoms with Gasteiger partial charge in [0.25, 0.3) is 0 Å². The highest BCUT2D eigenvalue weighted by atomic mass is 35.5. The molecule has 1 heterocycles. The third-order valence-electron chi connectivity index (χ3n) is 6.21. The topological polar surface area (TPSA) is 75.7 Å². The third kappa shape index (κ3) is 5.45. The van der Waals surface area contributed by atoms with Gasteiger partial charge in [-0.2, -0.15) is 4.31 Å². The van der Waals surface area contributed by atoms with Crippen LogP contribution < -0.4 is 10.1 Å². The number of nitrogens with zero attached hydrogens (tertiary/aromatic N) is 1. The summed E-state index contributed by atoms with van der Waals surface area (Å²) in [5.41, 5.74) is 0. The smallest absolute Gasteiger partial charge is 0.243 e. The first-order chi connectivity index (χ1) is 15.4. The lowest BCUT2D eigenvalue weighted by Gasteiger charge is -2.32. The van der Waals surface area contributed by atoms with Crippen molar-refractivity contribution in [2.75, 3.05) is 13.1 Å². The monoisotopic (exact) mass is 476 g/mol. The van der Waals surface area contributed by atoms with Crippen molar-refractivity contribution in [2.24, 2.45) is 5.92 Å². The number of sulfonamides is 1. The van der Waals surface area contributed by atoms with E-state index >= 15 is 0 Å². The molecule has 172 valence electrons. The number of carbonyl (C=O) groups excluding carboxylic acids is 1. The molecule has 8 heteroatoms. The van der Waals surface area contributed by atoms with Crippen LogP contribution >= 0.6 is 11.6 Å². The molecule has 0 spiro atoms. The maximum atomic E-state index is 13.3. The third-order valence-corrected chi connectivity index (χ3v) is 8.39. The summed E-state index contributed by atoms with van der Waals surface area (Å²) in [6.45, 7) is 0.613. The zero-order chi connectivity index (χ0) is 22.6. The summed E-state index contributed by atoms with van der Waals surface area (Å²) in [6, 6.07) is 13.7. The molecule has 0 unspecified atom stereocenters. The Morgan fingerprint density at radius 3 is 2.56 bits per heavy atom. The molecule has 2 aromatic rings. The van der Waals surface area contributed by atoms with E-state index in [0.717, 1.165) is 25.7 Å². The van der Waals surface area contributed by atoms with Gasteiger partial charge in [-0.25, -0.2) is 8.42 Å². The van der Waals surface area contributed by atoms with Crippen LogP contribution in [0.4, 0.5) is 0 Å². The number of piperidine rings is 1. The highest BCUT2D eigenvalue weighted by Gasteiger charge is 2.34. The van der Waals surface area contributed by atoms with E-state index in [1.807, 2.05) is 0 Å². The molecule has 0 bridgehead atoms. The number of para-hydroxylation sites is 1. The molecule has 1 aliphatic carbocycles. The van der Waals surface area contributed by atoms with Gasteiger partial charge in [0, 0.05) is 25.2 Å². The normalized spacial score (nSPS) is 20.6. The fourth-order valence-electron chi connectivity index (χ4n) is 4.44. The Bertz CT molecular complexity index is 1050. The number of hydrogen-bond acceptors (Lipinski definition) is 4. The van der Waals surface area contributed by atoms with Gasteiger partial charge in [-0.15, -0.1) is 0 Å². The number of hydrogen-bond donors (Lipinski definition) is 1. The van der Waals surface area contributed by atoms with Crippen molar-refractivity contribution in [1.29, 1.82) is 0 Å². The van der Waals surface area contributed by atoms with Crippen LogP contribution in [0.1, 0.15) is 44.9 Å². The second-order valence-electron chi connectivity index (χ2n) is 8.55. The van der Waals surface area contributed by atoms with Gasteiger partial charge in [-0.3, -0.25) is 4.79 Å². The molecule has 0 aromatic heterocycles. The van der Waals surface area contributed by atoms with E-state index in [1.54, 1.807) is 42.5 Å². The van der Waals surface area contributed by atoms with Crippen LogP contribution in [0.5, 0.6) is 11.5 Å². The molecule has 2 fully saturated rings. The minimum atomic E-state index is -3.75. The lowest BCUT2D eigenvalue weighted by molar-refractivity contribution is -0.127. The zero-order valence-electron chi connectivity index (χ0n) is 18.0. The summed E-state index contributed by atoms with van der Waals surface area (Å²) in [5, 5.41) is 3.60. The minimum absolute atomic E-state index is 0.0207. The Balaban J connectivity index is 1.45. The molecule has 2 aromatic carbocycles. The van der Waals surface area contributed by atoms with Crippen molar-refractivity contribution in [2.45, 2.75) is 55.9 Å². The van der Waals surface area contributed by atoms with E-state index in [-0.39, 0.29) is 29.3 Å². The number of nitrogens with one attached hydrogen (secondary N) is 1. The summed E-state index contributed by atoms with van der Waals surface area (Å²) < 4.78 is 33.9. The predicted octanol–water partition coefficient (Wildman–Crippen LogP) is 4.98. The van der Waals surface area contributed by atoms with Crippen molar-refractivity contribution in [3.63, 3.8) is 0 Å². The van der Waals surface area contributed by atoms with E-state index in [1.165, 1.54) is 16.8 Å². The first-order valence-corrected chi connectivity index (χ1v) is 13.1. The molecule has 32 heavy (non-hydrogen) atoms. The first-order valence-electron chi connectivity index (χ1n) is 11.3. The molecule has 1 amide bonds. The van der Waals surface area contributed by atoms with Gasteiger partial charge in [0.15, 0.2) is 0 Å². The van der Waals surface area contributed by atoms with Crippen LogP contribution in [0.15, 0.2) is 53.4 Å². The average Bonchev–Trinajstić information content (AvgIpc) is 2.81. The molecule has 2 aliphatic rings. The van der Waals surface area contributed by atoms with E-state index in [0.29, 0.717) is 35.9 Å². The number of rotatable bonds is 6. The second-order valence-corrected chi connectivity index (χ2v) is 10.9. The summed E-state index contributed by atoms with van der Waals surface area (Å²) in [4.78, 5) is 12.9. The molecule has 1 saturated carbocycles. The quantitative estimate of drug-likeness (QED) is 0.637. The fraction of sp³-hybridized carbons (Fsp3) is 0.458. The molecule has 1 aliphatic heterocycles.